The van der Waals surface area contributed by atoms with Crippen LogP contribution < -0.4 is 0 Å². The molecule has 2 atom stereocenters. The lowest BCUT2D eigenvalue weighted by atomic mass is 10.0. The van der Waals surface area contributed by atoms with Crippen molar-refractivity contribution in [3.63, 3.8) is 0 Å². The number of nitrogens with zero attached hydrogens (tertiary/aromatic N) is 1. The molecule has 0 amide bonds. The van der Waals surface area contributed by atoms with Gasteiger partial charge < -0.3 is 18.9 Å². The molecule has 0 aliphatic heterocycles. The number of esters is 2. The maximum Gasteiger partial charge on any atom is 0.472 e. The highest BCUT2D eigenvalue weighted by molar-refractivity contribution is 7.47. The number of rotatable bonds is 66. The van der Waals surface area contributed by atoms with Crippen molar-refractivity contribution in [2.75, 3.05) is 47.5 Å². The van der Waals surface area contributed by atoms with Gasteiger partial charge in [0.2, 0.25) is 0 Å². The number of unbranched alkanes of at least 4 members (excludes halogenated alkanes) is 46. The summed E-state index contributed by atoms with van der Waals surface area (Å²) in [5.74, 6) is -0.783. The van der Waals surface area contributed by atoms with Crippen molar-refractivity contribution in [2.45, 2.75) is 360 Å². The van der Waals surface area contributed by atoms with Crippen LogP contribution in [-0.2, 0) is 32.7 Å². The summed E-state index contributed by atoms with van der Waals surface area (Å²) in [6.45, 7) is 4.48. The molecule has 1 N–H and O–H groups in total. The first-order chi connectivity index (χ1) is 39.5. The van der Waals surface area contributed by atoms with E-state index in [1.807, 2.05) is 21.1 Å². The Morgan fingerprint density at radius 1 is 0.383 bits per heavy atom. The van der Waals surface area contributed by atoms with Crippen molar-refractivity contribution in [3.8, 4) is 0 Å². The van der Waals surface area contributed by atoms with Gasteiger partial charge in [-0.2, -0.15) is 0 Å². The molecule has 2 unspecified atom stereocenters. The molecule has 0 fully saturated rings. The molecule has 0 aliphatic carbocycles. The molecule has 0 saturated heterocycles. The Balaban J connectivity index is 3.99. The van der Waals surface area contributed by atoms with Crippen LogP contribution >= 0.6 is 7.82 Å². The number of carbonyl (C=O) groups is 2. The summed E-state index contributed by atoms with van der Waals surface area (Å²) in [6, 6.07) is 0. The Labute approximate surface area is 503 Å². The van der Waals surface area contributed by atoms with E-state index in [1.165, 1.54) is 270 Å². The third kappa shape index (κ3) is 67.2. The minimum absolute atomic E-state index is 0.0326. The summed E-state index contributed by atoms with van der Waals surface area (Å²) in [5, 5.41) is 0. The van der Waals surface area contributed by atoms with E-state index < -0.39 is 26.5 Å². The van der Waals surface area contributed by atoms with Gasteiger partial charge in [-0.05, 0) is 51.4 Å². The zero-order chi connectivity index (χ0) is 59.1. The Bertz CT molecular complexity index is 1460. The van der Waals surface area contributed by atoms with Crippen molar-refractivity contribution in [3.05, 3.63) is 36.5 Å². The zero-order valence-corrected chi connectivity index (χ0v) is 55.4. The minimum atomic E-state index is -4.39. The van der Waals surface area contributed by atoms with E-state index in [1.54, 1.807) is 0 Å². The Morgan fingerprint density at radius 2 is 0.667 bits per heavy atom. The van der Waals surface area contributed by atoms with E-state index in [9.17, 15) is 19.0 Å². The molecule has 0 spiro atoms. The molecule has 0 saturated carbocycles. The molecule has 0 aromatic carbocycles. The van der Waals surface area contributed by atoms with Gasteiger partial charge >= 0.3 is 19.8 Å². The van der Waals surface area contributed by atoms with E-state index in [0.717, 1.165) is 51.4 Å². The van der Waals surface area contributed by atoms with Crippen molar-refractivity contribution >= 4 is 19.8 Å². The van der Waals surface area contributed by atoms with Crippen molar-refractivity contribution in [2.24, 2.45) is 0 Å². The predicted octanol–water partition coefficient (Wildman–Crippen LogP) is 22.7. The molecule has 0 aromatic heterocycles. The van der Waals surface area contributed by atoms with Crippen molar-refractivity contribution in [1.82, 2.24) is 0 Å². The van der Waals surface area contributed by atoms with Crippen molar-refractivity contribution < 1.29 is 42.1 Å². The van der Waals surface area contributed by atoms with Crippen LogP contribution in [0.1, 0.15) is 354 Å². The van der Waals surface area contributed by atoms with Gasteiger partial charge in [-0.15, -0.1) is 0 Å². The lowest BCUT2D eigenvalue weighted by Crippen LogP contribution is -2.37. The largest absolute Gasteiger partial charge is 0.472 e. The van der Waals surface area contributed by atoms with Gasteiger partial charge in [-0.1, -0.05) is 326 Å². The van der Waals surface area contributed by atoms with Gasteiger partial charge in [0, 0.05) is 12.8 Å². The molecule has 0 aliphatic rings. The van der Waals surface area contributed by atoms with Crippen LogP contribution in [0.2, 0.25) is 0 Å². The summed E-state index contributed by atoms with van der Waals surface area (Å²) in [4.78, 5) is 35.9. The highest BCUT2D eigenvalue weighted by Crippen LogP contribution is 2.43. The highest BCUT2D eigenvalue weighted by atomic mass is 31.2. The van der Waals surface area contributed by atoms with Gasteiger partial charge in [0.15, 0.2) is 6.10 Å². The quantitative estimate of drug-likeness (QED) is 0.0211. The lowest BCUT2D eigenvalue weighted by Gasteiger charge is -2.24. The van der Waals surface area contributed by atoms with Crippen LogP contribution in [0.4, 0.5) is 0 Å². The van der Waals surface area contributed by atoms with E-state index in [0.29, 0.717) is 23.9 Å². The normalized spacial score (nSPS) is 13.3. The molecule has 9 nitrogen and oxygen atoms in total. The molecule has 0 bridgehead atoms. The van der Waals surface area contributed by atoms with Gasteiger partial charge in [0.1, 0.15) is 19.8 Å². The number of hydrogen-bond acceptors (Lipinski definition) is 7. The van der Waals surface area contributed by atoms with Gasteiger partial charge in [-0.3, -0.25) is 18.6 Å². The third-order valence-corrected chi connectivity index (χ3v) is 16.9. The second-order valence-corrected chi connectivity index (χ2v) is 26.7. The predicted molar refractivity (Wildman–Crippen MR) is 349 cm³/mol. The SMILES string of the molecule is CCCCCCC/C=C\C/C=C\C/C=C\CCCCCCCCCCCCC(=O)OC(COC(=O)CCCCCCCCCCCCCCCCCCCCCCCCCCCCCCCCCC)COP(=O)(O)OCC[N+](C)(C)C. The molecule has 0 rings (SSSR count). The van der Waals surface area contributed by atoms with Gasteiger partial charge in [0.05, 0.1) is 27.7 Å². The first-order valence-corrected chi connectivity index (χ1v) is 36.7. The smallest absolute Gasteiger partial charge is 0.462 e. The molecule has 478 valence electrons. The number of likely N-dealkylation sites (N-methyl/N-ethyl adjacent to an activating group) is 1. The lowest BCUT2D eigenvalue weighted by molar-refractivity contribution is -0.870. The number of allylic oxidation sites excluding steroid dienone is 6. The topological polar surface area (TPSA) is 108 Å². The van der Waals surface area contributed by atoms with E-state index in [4.69, 9.17) is 18.5 Å². The van der Waals surface area contributed by atoms with Crippen LogP contribution in [-0.4, -0.2) is 74.9 Å². The summed E-state index contributed by atoms with van der Waals surface area (Å²) in [5.41, 5.74) is 0. The second-order valence-electron chi connectivity index (χ2n) is 25.3. The fourth-order valence-electron chi connectivity index (χ4n) is 10.5. The number of hydrogen-bond donors (Lipinski definition) is 1. The number of ether oxygens (including phenoxy) is 2. The highest BCUT2D eigenvalue weighted by Gasteiger charge is 2.27. The average molecular weight is 1160 g/mol. The Morgan fingerprint density at radius 3 is 0.988 bits per heavy atom. The molecule has 0 heterocycles. The summed E-state index contributed by atoms with van der Waals surface area (Å²) in [6.07, 6.45) is 79.7. The van der Waals surface area contributed by atoms with Crippen LogP contribution in [0.25, 0.3) is 0 Å². The second kappa shape index (κ2) is 62.8. The van der Waals surface area contributed by atoms with Crippen LogP contribution in [0.15, 0.2) is 36.5 Å². The molecule has 0 aromatic rings. The van der Waals surface area contributed by atoms with Gasteiger partial charge in [-0.25, -0.2) is 4.57 Å². The summed E-state index contributed by atoms with van der Waals surface area (Å²) in [7, 11) is 1.49. The number of quaternary nitrogens is 1. The Hall–Kier alpha value is -1.77. The fraction of sp³-hybridized carbons (Fsp3) is 0.887. The minimum Gasteiger partial charge on any atom is -0.462 e. The van der Waals surface area contributed by atoms with E-state index >= 15 is 0 Å². The molecule has 10 heteroatoms. The van der Waals surface area contributed by atoms with E-state index in [-0.39, 0.29) is 25.6 Å². The third-order valence-electron chi connectivity index (χ3n) is 15.9. The summed E-state index contributed by atoms with van der Waals surface area (Å²) >= 11 is 0. The first kappa shape index (κ1) is 79.2. The van der Waals surface area contributed by atoms with Crippen molar-refractivity contribution in [1.29, 1.82) is 0 Å². The maximum atomic E-state index is 12.9. The number of phosphoric acid groups is 1. The molecule has 81 heavy (non-hydrogen) atoms. The molecular weight excluding hydrogens is 1030 g/mol. The van der Waals surface area contributed by atoms with Crippen LogP contribution in [0, 0.1) is 0 Å². The average Bonchev–Trinajstić information content (AvgIpc) is 3.43. The number of phosphoric ester groups is 1. The van der Waals surface area contributed by atoms with Gasteiger partial charge in [0.25, 0.3) is 0 Å². The van der Waals surface area contributed by atoms with Crippen LogP contribution in [0.3, 0.4) is 0 Å². The Kier molecular flexibility index (Phi) is 61.4. The zero-order valence-electron chi connectivity index (χ0n) is 54.5. The maximum absolute atomic E-state index is 12.9. The van der Waals surface area contributed by atoms with Crippen LogP contribution in [0.5, 0.6) is 0 Å². The molecule has 0 radical (unpaired) electrons. The fourth-order valence-corrected chi connectivity index (χ4v) is 11.2. The summed E-state index contributed by atoms with van der Waals surface area (Å²) < 4.78 is 34.7. The first-order valence-electron chi connectivity index (χ1n) is 35.2. The molecular formula is C71H137NO8P+. The standard InChI is InChI=1S/C71H136NO8P/c1-6-8-10-12-14-16-18-20-22-24-26-28-30-32-33-34-35-36-37-38-40-41-43-45-47-49-51-53-55-57-59-61-63-70(73)77-67-69(68-79-81(75,76)78-66-65-72(3,4)5)80-71(74)64-62-60-58-56-54-52-50-48-46-44-42-39-31-29-27-25-23-21-19-17-15-13-11-9-7-2/h19,21,25,27,31,39,69H,6-18,20,22-24,26,28-30,32-38,40-68H2,1-5H3/p+1/b21-19-,27-25-,39-31-. The monoisotopic (exact) mass is 1160 g/mol. The number of carbonyl (C=O) groups excluding carboxylic acids is 2. The van der Waals surface area contributed by atoms with E-state index in [2.05, 4.69) is 50.3 Å².